The van der Waals surface area contributed by atoms with Gasteiger partial charge in [0.15, 0.2) is 0 Å². The Bertz CT molecular complexity index is 425. The van der Waals surface area contributed by atoms with E-state index in [4.69, 9.17) is 5.73 Å². The van der Waals surface area contributed by atoms with Crippen LogP contribution in [0.4, 0.5) is 0 Å². The van der Waals surface area contributed by atoms with Crippen LogP contribution >= 0.6 is 15.9 Å². The molecule has 1 aliphatic carbocycles. The Balaban J connectivity index is 2.55. The SMILES string of the molecule is Cc1ccc(C2(C(C)(C)N)CC2)c(C)c1Br. The molecule has 1 fully saturated rings. The first kappa shape index (κ1) is 12.1. The average molecular weight is 282 g/mol. The molecule has 0 amide bonds. The normalized spacial score (nSPS) is 18.6. The molecule has 1 aliphatic rings. The average Bonchev–Trinajstić information content (AvgIpc) is 2.94. The highest BCUT2D eigenvalue weighted by molar-refractivity contribution is 9.10. The summed E-state index contributed by atoms with van der Waals surface area (Å²) in [6.07, 6.45) is 2.43. The van der Waals surface area contributed by atoms with Crippen LogP contribution in [0.25, 0.3) is 0 Å². The van der Waals surface area contributed by atoms with Crippen LogP contribution in [0.3, 0.4) is 0 Å². The van der Waals surface area contributed by atoms with Gasteiger partial charge in [-0.25, -0.2) is 0 Å². The fraction of sp³-hybridized carbons (Fsp3) is 0.571. The zero-order valence-electron chi connectivity index (χ0n) is 10.5. The molecule has 88 valence electrons. The van der Waals surface area contributed by atoms with Gasteiger partial charge in [0.25, 0.3) is 0 Å². The van der Waals surface area contributed by atoms with E-state index in [0.29, 0.717) is 0 Å². The van der Waals surface area contributed by atoms with Crippen molar-refractivity contribution >= 4 is 15.9 Å². The number of aryl methyl sites for hydroxylation is 1. The fourth-order valence-corrected chi connectivity index (χ4v) is 3.07. The minimum atomic E-state index is -0.132. The van der Waals surface area contributed by atoms with Crippen molar-refractivity contribution in [2.45, 2.75) is 51.5 Å². The highest BCUT2D eigenvalue weighted by Crippen LogP contribution is 2.56. The second kappa shape index (κ2) is 3.58. The van der Waals surface area contributed by atoms with Crippen molar-refractivity contribution in [1.29, 1.82) is 0 Å². The minimum Gasteiger partial charge on any atom is -0.325 e. The topological polar surface area (TPSA) is 26.0 Å². The summed E-state index contributed by atoms with van der Waals surface area (Å²) in [7, 11) is 0. The summed E-state index contributed by atoms with van der Waals surface area (Å²) in [6.45, 7) is 8.62. The molecule has 0 radical (unpaired) electrons. The monoisotopic (exact) mass is 281 g/mol. The second-order valence-electron chi connectivity index (χ2n) is 5.67. The van der Waals surface area contributed by atoms with Crippen LogP contribution in [-0.4, -0.2) is 5.54 Å². The van der Waals surface area contributed by atoms with Gasteiger partial charge in [-0.3, -0.25) is 0 Å². The van der Waals surface area contributed by atoms with Gasteiger partial charge in [0, 0.05) is 15.4 Å². The van der Waals surface area contributed by atoms with Crippen LogP contribution in [-0.2, 0) is 5.41 Å². The molecule has 0 atom stereocenters. The third-order valence-electron chi connectivity index (χ3n) is 4.08. The summed E-state index contributed by atoms with van der Waals surface area (Å²) >= 11 is 3.68. The molecule has 0 aromatic heterocycles. The van der Waals surface area contributed by atoms with E-state index in [9.17, 15) is 0 Å². The molecule has 1 saturated carbocycles. The number of hydrogen-bond acceptors (Lipinski definition) is 1. The summed E-state index contributed by atoms with van der Waals surface area (Å²) in [5.74, 6) is 0. The van der Waals surface area contributed by atoms with Crippen molar-refractivity contribution in [3.8, 4) is 0 Å². The lowest BCUT2D eigenvalue weighted by Gasteiger charge is -2.33. The molecule has 1 aromatic carbocycles. The molecule has 1 nitrogen and oxygen atoms in total. The molecule has 2 N–H and O–H groups in total. The number of hydrogen-bond donors (Lipinski definition) is 1. The van der Waals surface area contributed by atoms with Crippen LogP contribution in [0.5, 0.6) is 0 Å². The zero-order chi connectivity index (χ0) is 12.1. The van der Waals surface area contributed by atoms with Gasteiger partial charge >= 0.3 is 0 Å². The highest BCUT2D eigenvalue weighted by atomic mass is 79.9. The Labute approximate surface area is 107 Å². The lowest BCUT2D eigenvalue weighted by Crippen LogP contribution is -2.45. The Kier molecular flexibility index (Phi) is 2.71. The third-order valence-corrected chi connectivity index (χ3v) is 5.30. The number of rotatable bonds is 2. The van der Waals surface area contributed by atoms with Gasteiger partial charge in [0.1, 0.15) is 0 Å². The molecule has 0 saturated heterocycles. The summed E-state index contributed by atoms with van der Waals surface area (Å²) in [4.78, 5) is 0. The van der Waals surface area contributed by atoms with Gasteiger partial charge in [-0.2, -0.15) is 0 Å². The lowest BCUT2D eigenvalue weighted by atomic mass is 9.77. The van der Waals surface area contributed by atoms with Gasteiger partial charge in [-0.15, -0.1) is 0 Å². The Morgan fingerprint density at radius 3 is 2.25 bits per heavy atom. The predicted octanol–water partition coefficient (Wildman–Crippen LogP) is 3.83. The lowest BCUT2D eigenvalue weighted by molar-refractivity contribution is 0.390. The summed E-state index contributed by atoms with van der Waals surface area (Å²) in [6, 6.07) is 4.45. The largest absolute Gasteiger partial charge is 0.325 e. The van der Waals surface area contributed by atoms with Crippen LogP contribution < -0.4 is 5.73 Å². The number of halogens is 1. The highest BCUT2D eigenvalue weighted by Gasteiger charge is 2.54. The van der Waals surface area contributed by atoms with Crippen LogP contribution in [0.15, 0.2) is 16.6 Å². The van der Waals surface area contributed by atoms with Gasteiger partial charge in [0.05, 0.1) is 0 Å². The number of benzene rings is 1. The Morgan fingerprint density at radius 1 is 1.25 bits per heavy atom. The van der Waals surface area contributed by atoms with E-state index < -0.39 is 0 Å². The molecule has 0 bridgehead atoms. The van der Waals surface area contributed by atoms with Gasteiger partial charge in [0.2, 0.25) is 0 Å². The summed E-state index contributed by atoms with van der Waals surface area (Å²) in [5.41, 5.74) is 10.5. The first-order valence-electron chi connectivity index (χ1n) is 5.85. The third kappa shape index (κ3) is 1.63. The molecule has 1 aromatic rings. The predicted molar refractivity (Wildman–Crippen MR) is 72.8 cm³/mol. The molecular weight excluding hydrogens is 262 g/mol. The van der Waals surface area contributed by atoms with Gasteiger partial charge < -0.3 is 5.73 Å². The molecule has 0 spiro atoms. The maximum atomic E-state index is 6.35. The molecule has 0 heterocycles. The van der Waals surface area contributed by atoms with Gasteiger partial charge in [-0.05, 0) is 57.2 Å². The molecule has 0 aliphatic heterocycles. The van der Waals surface area contributed by atoms with Crippen molar-refractivity contribution in [2.75, 3.05) is 0 Å². The summed E-state index contributed by atoms with van der Waals surface area (Å²) < 4.78 is 1.24. The minimum absolute atomic E-state index is 0.132. The first-order chi connectivity index (χ1) is 7.29. The van der Waals surface area contributed by atoms with E-state index in [1.807, 2.05) is 0 Å². The quantitative estimate of drug-likeness (QED) is 0.876. The van der Waals surface area contributed by atoms with E-state index in [1.165, 1.54) is 34.0 Å². The van der Waals surface area contributed by atoms with Crippen LogP contribution in [0.1, 0.15) is 43.4 Å². The summed E-state index contributed by atoms with van der Waals surface area (Å²) in [5, 5.41) is 0. The van der Waals surface area contributed by atoms with Crippen molar-refractivity contribution in [3.63, 3.8) is 0 Å². The van der Waals surface area contributed by atoms with Crippen LogP contribution in [0.2, 0.25) is 0 Å². The zero-order valence-corrected chi connectivity index (χ0v) is 12.1. The van der Waals surface area contributed by atoms with Crippen molar-refractivity contribution in [3.05, 3.63) is 33.3 Å². The van der Waals surface area contributed by atoms with E-state index in [2.05, 4.69) is 55.8 Å². The standard InChI is InChI=1S/C14H20BrN/c1-9-5-6-11(10(2)12(9)15)14(7-8-14)13(3,4)16/h5-6H,7-8,16H2,1-4H3. The molecule has 0 unspecified atom stereocenters. The van der Waals surface area contributed by atoms with Crippen molar-refractivity contribution in [2.24, 2.45) is 5.73 Å². The smallest absolute Gasteiger partial charge is 0.0236 e. The molecule has 2 heteroatoms. The molecule has 2 rings (SSSR count). The van der Waals surface area contributed by atoms with Crippen LogP contribution in [0, 0.1) is 13.8 Å². The Morgan fingerprint density at radius 2 is 1.81 bits per heavy atom. The maximum absolute atomic E-state index is 6.35. The molecule has 16 heavy (non-hydrogen) atoms. The Hall–Kier alpha value is -0.340. The van der Waals surface area contributed by atoms with E-state index in [-0.39, 0.29) is 11.0 Å². The van der Waals surface area contributed by atoms with E-state index in [1.54, 1.807) is 0 Å². The second-order valence-corrected chi connectivity index (χ2v) is 6.47. The first-order valence-corrected chi connectivity index (χ1v) is 6.64. The van der Waals surface area contributed by atoms with Crippen molar-refractivity contribution < 1.29 is 0 Å². The van der Waals surface area contributed by atoms with Gasteiger partial charge in [-0.1, -0.05) is 28.1 Å². The maximum Gasteiger partial charge on any atom is 0.0236 e. The van der Waals surface area contributed by atoms with E-state index >= 15 is 0 Å². The fourth-order valence-electron chi connectivity index (χ4n) is 2.72. The van der Waals surface area contributed by atoms with Crippen molar-refractivity contribution in [1.82, 2.24) is 0 Å². The van der Waals surface area contributed by atoms with E-state index in [0.717, 1.165) is 0 Å². The molecular formula is C14H20BrN. The number of nitrogens with two attached hydrogens (primary N) is 1.